The summed E-state index contributed by atoms with van der Waals surface area (Å²) in [6.07, 6.45) is 5.46. The maximum atomic E-state index is 12.8. The molecule has 0 spiro atoms. The fourth-order valence-electron chi connectivity index (χ4n) is 1.67. The second kappa shape index (κ2) is 7.69. The van der Waals surface area contributed by atoms with Gasteiger partial charge in [0.15, 0.2) is 0 Å². The number of carbonyl (C=O) groups is 1. The number of nitrogen functional groups attached to an aromatic ring is 1. The number of halogens is 1. The molecule has 18 heavy (non-hydrogen) atoms. The minimum atomic E-state index is -0.483. The molecule has 0 amide bonds. The van der Waals surface area contributed by atoms with E-state index < -0.39 is 11.8 Å². The molecule has 0 saturated carbocycles. The van der Waals surface area contributed by atoms with E-state index in [1.807, 2.05) is 0 Å². The van der Waals surface area contributed by atoms with Gasteiger partial charge in [0, 0.05) is 5.69 Å². The summed E-state index contributed by atoms with van der Waals surface area (Å²) >= 11 is 0. The Kier molecular flexibility index (Phi) is 6.19. The standard InChI is InChI=1S/C14H20FNO2/c1-2-3-4-5-6-9-18-14(17)12-8-7-11(15)10-13(12)16/h7-8,10H,2-6,9,16H2,1H3. The van der Waals surface area contributed by atoms with E-state index >= 15 is 0 Å². The zero-order valence-electron chi connectivity index (χ0n) is 10.7. The molecule has 0 heterocycles. The Morgan fingerprint density at radius 3 is 2.67 bits per heavy atom. The summed E-state index contributed by atoms with van der Waals surface area (Å²) in [5, 5.41) is 0. The van der Waals surface area contributed by atoms with E-state index in [2.05, 4.69) is 6.92 Å². The second-order valence-corrected chi connectivity index (χ2v) is 4.28. The van der Waals surface area contributed by atoms with Crippen LogP contribution in [-0.2, 0) is 4.74 Å². The minimum absolute atomic E-state index is 0.117. The third-order valence-corrected chi connectivity index (χ3v) is 2.71. The third kappa shape index (κ3) is 4.73. The van der Waals surface area contributed by atoms with Crippen molar-refractivity contribution in [3.63, 3.8) is 0 Å². The summed E-state index contributed by atoms with van der Waals surface area (Å²) in [5.74, 6) is -0.938. The first-order chi connectivity index (χ1) is 8.65. The van der Waals surface area contributed by atoms with Crippen LogP contribution < -0.4 is 5.73 Å². The second-order valence-electron chi connectivity index (χ2n) is 4.28. The highest BCUT2D eigenvalue weighted by Gasteiger charge is 2.11. The van der Waals surface area contributed by atoms with Crippen molar-refractivity contribution in [1.29, 1.82) is 0 Å². The van der Waals surface area contributed by atoms with Crippen LogP contribution in [0.25, 0.3) is 0 Å². The Bertz CT molecular complexity index is 393. The number of esters is 1. The van der Waals surface area contributed by atoms with Crippen LogP contribution in [0, 0.1) is 5.82 Å². The quantitative estimate of drug-likeness (QED) is 0.459. The van der Waals surface area contributed by atoms with Crippen molar-refractivity contribution >= 4 is 11.7 Å². The van der Waals surface area contributed by atoms with Crippen molar-refractivity contribution < 1.29 is 13.9 Å². The molecule has 0 fully saturated rings. The largest absolute Gasteiger partial charge is 0.462 e. The molecule has 2 N–H and O–H groups in total. The maximum absolute atomic E-state index is 12.8. The van der Waals surface area contributed by atoms with Gasteiger partial charge in [-0.15, -0.1) is 0 Å². The van der Waals surface area contributed by atoms with E-state index in [0.717, 1.165) is 25.3 Å². The Labute approximate surface area is 107 Å². The molecule has 1 aromatic carbocycles. The molecule has 0 aliphatic carbocycles. The fourth-order valence-corrected chi connectivity index (χ4v) is 1.67. The summed E-state index contributed by atoms with van der Waals surface area (Å²) in [6, 6.07) is 3.68. The van der Waals surface area contributed by atoms with Gasteiger partial charge in [-0.05, 0) is 24.6 Å². The number of hydrogen-bond acceptors (Lipinski definition) is 3. The lowest BCUT2D eigenvalue weighted by atomic mass is 10.1. The Morgan fingerprint density at radius 2 is 2.00 bits per heavy atom. The van der Waals surface area contributed by atoms with Crippen molar-refractivity contribution in [2.75, 3.05) is 12.3 Å². The van der Waals surface area contributed by atoms with Gasteiger partial charge in [-0.2, -0.15) is 0 Å². The van der Waals surface area contributed by atoms with Crippen molar-refractivity contribution in [2.45, 2.75) is 39.0 Å². The zero-order chi connectivity index (χ0) is 13.4. The molecule has 0 aromatic heterocycles. The highest BCUT2D eigenvalue weighted by Crippen LogP contribution is 2.14. The number of carbonyl (C=O) groups excluding carboxylic acids is 1. The fraction of sp³-hybridized carbons (Fsp3) is 0.500. The topological polar surface area (TPSA) is 52.3 Å². The van der Waals surface area contributed by atoms with Crippen molar-refractivity contribution in [1.82, 2.24) is 0 Å². The summed E-state index contributed by atoms with van der Waals surface area (Å²) in [4.78, 5) is 11.6. The summed E-state index contributed by atoms with van der Waals surface area (Å²) in [7, 11) is 0. The van der Waals surface area contributed by atoms with Crippen LogP contribution in [0.15, 0.2) is 18.2 Å². The summed E-state index contributed by atoms with van der Waals surface area (Å²) in [5.41, 5.74) is 5.89. The number of nitrogens with two attached hydrogens (primary N) is 1. The van der Waals surface area contributed by atoms with E-state index in [0.29, 0.717) is 6.61 Å². The van der Waals surface area contributed by atoms with E-state index in [1.165, 1.54) is 25.0 Å². The van der Waals surface area contributed by atoms with E-state index in [-0.39, 0.29) is 11.3 Å². The average molecular weight is 253 g/mol. The molecule has 0 radical (unpaired) electrons. The van der Waals surface area contributed by atoms with Gasteiger partial charge in [-0.25, -0.2) is 9.18 Å². The van der Waals surface area contributed by atoms with Crippen molar-refractivity contribution in [3.05, 3.63) is 29.6 Å². The maximum Gasteiger partial charge on any atom is 0.340 e. The molecule has 4 heteroatoms. The van der Waals surface area contributed by atoms with Crippen molar-refractivity contribution in [3.8, 4) is 0 Å². The lowest BCUT2D eigenvalue weighted by Gasteiger charge is -2.06. The molecular formula is C14H20FNO2. The van der Waals surface area contributed by atoms with Crippen LogP contribution >= 0.6 is 0 Å². The third-order valence-electron chi connectivity index (χ3n) is 2.71. The molecule has 0 aliphatic rings. The predicted molar refractivity (Wildman–Crippen MR) is 69.9 cm³/mol. The Hall–Kier alpha value is -1.58. The van der Waals surface area contributed by atoms with Gasteiger partial charge in [0.1, 0.15) is 5.82 Å². The van der Waals surface area contributed by atoms with Gasteiger partial charge in [0.05, 0.1) is 12.2 Å². The molecule has 0 saturated heterocycles. The first-order valence-corrected chi connectivity index (χ1v) is 6.37. The van der Waals surface area contributed by atoms with Gasteiger partial charge >= 0.3 is 5.97 Å². The average Bonchev–Trinajstić information content (AvgIpc) is 2.33. The number of rotatable bonds is 7. The van der Waals surface area contributed by atoms with Crippen LogP contribution in [0.3, 0.4) is 0 Å². The number of ether oxygens (including phenoxy) is 1. The Balaban J connectivity index is 2.32. The van der Waals surface area contributed by atoms with Crippen molar-refractivity contribution in [2.24, 2.45) is 0 Å². The van der Waals surface area contributed by atoms with Gasteiger partial charge in [-0.3, -0.25) is 0 Å². The highest BCUT2D eigenvalue weighted by molar-refractivity contribution is 5.94. The van der Waals surface area contributed by atoms with Crippen LogP contribution in [0.5, 0.6) is 0 Å². The van der Waals surface area contributed by atoms with Crippen LogP contribution in [0.4, 0.5) is 10.1 Å². The molecule has 0 bridgehead atoms. The first-order valence-electron chi connectivity index (χ1n) is 6.37. The smallest absolute Gasteiger partial charge is 0.340 e. The van der Waals surface area contributed by atoms with Gasteiger partial charge in [0.25, 0.3) is 0 Å². The van der Waals surface area contributed by atoms with E-state index in [4.69, 9.17) is 10.5 Å². The molecule has 0 aliphatic heterocycles. The lowest BCUT2D eigenvalue weighted by Crippen LogP contribution is -2.09. The molecule has 100 valence electrons. The monoisotopic (exact) mass is 253 g/mol. The van der Waals surface area contributed by atoms with Gasteiger partial charge in [-0.1, -0.05) is 32.6 Å². The number of unbranched alkanes of at least 4 members (excludes halogenated alkanes) is 4. The summed E-state index contributed by atoms with van der Waals surface area (Å²) < 4.78 is 17.9. The SMILES string of the molecule is CCCCCCCOC(=O)c1ccc(F)cc1N. The predicted octanol–water partition coefficient (Wildman–Crippen LogP) is 3.54. The number of benzene rings is 1. The number of hydrogen-bond donors (Lipinski definition) is 1. The van der Waals surface area contributed by atoms with E-state index in [9.17, 15) is 9.18 Å². The van der Waals surface area contributed by atoms with Crippen LogP contribution in [-0.4, -0.2) is 12.6 Å². The molecule has 1 rings (SSSR count). The van der Waals surface area contributed by atoms with E-state index in [1.54, 1.807) is 0 Å². The zero-order valence-corrected chi connectivity index (χ0v) is 10.7. The van der Waals surface area contributed by atoms with Crippen LogP contribution in [0.2, 0.25) is 0 Å². The Morgan fingerprint density at radius 1 is 1.28 bits per heavy atom. The van der Waals surface area contributed by atoms with Gasteiger partial charge in [0.2, 0.25) is 0 Å². The summed E-state index contributed by atoms with van der Waals surface area (Å²) in [6.45, 7) is 2.54. The minimum Gasteiger partial charge on any atom is -0.462 e. The van der Waals surface area contributed by atoms with Crippen LogP contribution in [0.1, 0.15) is 49.4 Å². The molecule has 0 atom stereocenters. The first kappa shape index (κ1) is 14.5. The highest BCUT2D eigenvalue weighted by atomic mass is 19.1. The lowest BCUT2D eigenvalue weighted by molar-refractivity contribution is 0.0499. The molecule has 1 aromatic rings. The molecule has 0 unspecified atom stereocenters. The van der Waals surface area contributed by atoms with Gasteiger partial charge < -0.3 is 10.5 Å². The number of anilines is 1. The molecular weight excluding hydrogens is 233 g/mol. The normalized spacial score (nSPS) is 10.3. The molecule has 3 nitrogen and oxygen atoms in total.